The SMILES string of the molecule is CCOc1cc2c(cc1OC)C(c1ccc(S(N)(=O)=O)cc1)=N[C@H]1CCCC[C@@H]21. The highest BCUT2D eigenvalue weighted by Gasteiger charge is 2.34. The molecule has 6 nitrogen and oxygen atoms in total. The Morgan fingerprint density at radius 2 is 1.83 bits per heavy atom. The second kappa shape index (κ2) is 7.80. The second-order valence-electron chi connectivity index (χ2n) is 7.53. The van der Waals surface area contributed by atoms with Crippen molar-refractivity contribution in [2.75, 3.05) is 13.7 Å². The molecule has 2 N–H and O–H groups in total. The van der Waals surface area contributed by atoms with E-state index in [9.17, 15) is 8.42 Å². The first kappa shape index (κ1) is 19.9. The lowest BCUT2D eigenvalue weighted by Crippen LogP contribution is -2.29. The average molecular weight is 415 g/mol. The molecule has 1 heterocycles. The monoisotopic (exact) mass is 414 g/mol. The summed E-state index contributed by atoms with van der Waals surface area (Å²) in [6.07, 6.45) is 4.53. The number of sulfonamides is 1. The van der Waals surface area contributed by atoms with Crippen LogP contribution in [0.1, 0.15) is 55.2 Å². The maximum absolute atomic E-state index is 11.6. The van der Waals surface area contributed by atoms with Gasteiger partial charge in [0.15, 0.2) is 11.5 Å². The molecule has 2 atom stereocenters. The quantitative estimate of drug-likeness (QED) is 0.809. The Balaban J connectivity index is 1.85. The third-order valence-corrected chi connectivity index (χ3v) is 6.70. The molecule has 0 unspecified atom stereocenters. The average Bonchev–Trinajstić information content (AvgIpc) is 2.72. The topological polar surface area (TPSA) is 91.0 Å². The normalized spacial score (nSPS) is 21.0. The number of nitrogens with two attached hydrogens (primary N) is 1. The largest absolute Gasteiger partial charge is 0.493 e. The molecule has 1 saturated carbocycles. The van der Waals surface area contributed by atoms with Crippen molar-refractivity contribution < 1.29 is 17.9 Å². The standard InChI is InChI=1S/C22H26N2O4S/c1-3-28-21-12-17-16-6-4-5-7-19(16)24-22(18(17)13-20(21)27-2)14-8-10-15(11-9-14)29(23,25)26/h8-13,16,19H,3-7H2,1-2H3,(H2,23,25,26)/t16-,19-/m0/s1. The minimum Gasteiger partial charge on any atom is -0.493 e. The zero-order valence-corrected chi connectivity index (χ0v) is 17.5. The number of methoxy groups -OCH3 is 1. The summed E-state index contributed by atoms with van der Waals surface area (Å²) in [5, 5.41) is 5.24. The van der Waals surface area contributed by atoms with E-state index in [4.69, 9.17) is 19.6 Å². The van der Waals surface area contributed by atoms with E-state index in [1.54, 1.807) is 19.2 Å². The fraction of sp³-hybridized carbons (Fsp3) is 0.409. The number of hydrogen-bond donors (Lipinski definition) is 1. The Morgan fingerprint density at radius 3 is 2.48 bits per heavy atom. The summed E-state index contributed by atoms with van der Waals surface area (Å²) in [5.41, 5.74) is 4.00. The Hall–Kier alpha value is -2.38. The Morgan fingerprint density at radius 1 is 1.10 bits per heavy atom. The molecular weight excluding hydrogens is 388 g/mol. The van der Waals surface area contributed by atoms with Gasteiger partial charge in [0.05, 0.1) is 30.4 Å². The van der Waals surface area contributed by atoms with E-state index in [1.807, 2.05) is 13.0 Å². The van der Waals surface area contributed by atoms with Crippen molar-refractivity contribution >= 4 is 15.7 Å². The van der Waals surface area contributed by atoms with Crippen LogP contribution in [0.4, 0.5) is 0 Å². The fourth-order valence-corrected chi connectivity index (χ4v) is 4.93. The van der Waals surface area contributed by atoms with Gasteiger partial charge in [-0.05, 0) is 49.6 Å². The minimum atomic E-state index is -3.73. The van der Waals surface area contributed by atoms with Gasteiger partial charge in [-0.15, -0.1) is 0 Å². The highest BCUT2D eigenvalue weighted by atomic mass is 32.2. The van der Waals surface area contributed by atoms with E-state index in [0.29, 0.717) is 18.3 Å². The van der Waals surface area contributed by atoms with Crippen LogP contribution in [0.25, 0.3) is 0 Å². The second-order valence-corrected chi connectivity index (χ2v) is 9.09. The molecule has 1 aliphatic heterocycles. The van der Waals surface area contributed by atoms with Gasteiger partial charge in [0.2, 0.25) is 10.0 Å². The first-order valence-electron chi connectivity index (χ1n) is 9.98. The summed E-state index contributed by atoms with van der Waals surface area (Å²) in [6, 6.07) is 10.9. The van der Waals surface area contributed by atoms with Gasteiger partial charge in [-0.2, -0.15) is 0 Å². The molecule has 1 aliphatic carbocycles. The molecule has 0 saturated heterocycles. The van der Waals surface area contributed by atoms with Crippen LogP contribution in [0.15, 0.2) is 46.3 Å². The minimum absolute atomic E-state index is 0.0951. The van der Waals surface area contributed by atoms with Crippen LogP contribution in [0.3, 0.4) is 0 Å². The Labute approximate surface area is 171 Å². The molecule has 2 aliphatic rings. The van der Waals surface area contributed by atoms with Crippen molar-refractivity contribution in [3.63, 3.8) is 0 Å². The summed E-state index contributed by atoms with van der Waals surface area (Å²) >= 11 is 0. The van der Waals surface area contributed by atoms with E-state index in [1.165, 1.54) is 30.5 Å². The third kappa shape index (κ3) is 3.76. The number of hydrogen-bond acceptors (Lipinski definition) is 5. The lowest BCUT2D eigenvalue weighted by Gasteiger charge is -2.36. The molecule has 29 heavy (non-hydrogen) atoms. The molecule has 2 aromatic carbocycles. The first-order valence-corrected chi connectivity index (χ1v) is 11.5. The molecule has 0 bridgehead atoms. The number of nitrogens with zero attached hydrogens (tertiary/aromatic N) is 1. The molecule has 154 valence electrons. The predicted octanol–water partition coefficient (Wildman–Crippen LogP) is 3.62. The first-order chi connectivity index (χ1) is 13.9. The molecule has 4 rings (SSSR count). The Bertz CT molecular complexity index is 1050. The van der Waals surface area contributed by atoms with Crippen LogP contribution in [0.5, 0.6) is 11.5 Å². The van der Waals surface area contributed by atoms with E-state index in [2.05, 4.69) is 6.07 Å². The van der Waals surface area contributed by atoms with Crippen LogP contribution in [0.2, 0.25) is 0 Å². The molecule has 7 heteroatoms. The van der Waals surface area contributed by atoms with Gasteiger partial charge in [0.1, 0.15) is 0 Å². The summed E-state index contributed by atoms with van der Waals surface area (Å²) < 4.78 is 34.6. The number of fused-ring (bicyclic) bond motifs is 3. The molecule has 0 amide bonds. The Kier molecular flexibility index (Phi) is 5.36. The maximum Gasteiger partial charge on any atom is 0.238 e. The molecule has 0 aromatic heterocycles. The predicted molar refractivity (Wildman–Crippen MR) is 113 cm³/mol. The number of rotatable bonds is 5. The van der Waals surface area contributed by atoms with Crippen LogP contribution in [-0.4, -0.2) is 33.9 Å². The van der Waals surface area contributed by atoms with Crippen molar-refractivity contribution in [3.05, 3.63) is 53.1 Å². The molecule has 1 fully saturated rings. The van der Waals surface area contributed by atoms with Crippen molar-refractivity contribution in [2.24, 2.45) is 10.1 Å². The zero-order valence-electron chi connectivity index (χ0n) is 16.7. The highest BCUT2D eigenvalue weighted by Crippen LogP contribution is 2.44. The summed E-state index contributed by atoms with van der Waals surface area (Å²) in [5.74, 6) is 1.80. The smallest absolute Gasteiger partial charge is 0.238 e. The van der Waals surface area contributed by atoms with Crippen LogP contribution < -0.4 is 14.6 Å². The maximum atomic E-state index is 11.6. The summed E-state index contributed by atoms with van der Waals surface area (Å²) in [6.45, 7) is 2.53. The van der Waals surface area contributed by atoms with Crippen molar-refractivity contribution in [1.29, 1.82) is 0 Å². The lowest BCUT2D eigenvalue weighted by atomic mass is 9.75. The van der Waals surface area contributed by atoms with Crippen LogP contribution in [-0.2, 0) is 10.0 Å². The summed E-state index contributed by atoms with van der Waals surface area (Å²) in [7, 11) is -2.10. The van der Waals surface area contributed by atoms with Gasteiger partial charge in [0, 0.05) is 17.0 Å². The van der Waals surface area contributed by atoms with Gasteiger partial charge in [-0.1, -0.05) is 25.0 Å². The van der Waals surface area contributed by atoms with E-state index < -0.39 is 10.0 Å². The van der Waals surface area contributed by atoms with Gasteiger partial charge in [-0.3, -0.25) is 4.99 Å². The van der Waals surface area contributed by atoms with E-state index in [-0.39, 0.29) is 10.9 Å². The molecule has 2 aromatic rings. The number of benzene rings is 2. The van der Waals surface area contributed by atoms with Crippen molar-refractivity contribution in [2.45, 2.75) is 49.5 Å². The van der Waals surface area contributed by atoms with Crippen LogP contribution in [0, 0.1) is 0 Å². The lowest BCUT2D eigenvalue weighted by molar-refractivity contribution is 0.308. The number of aliphatic imine (C=N–C) groups is 1. The van der Waals surface area contributed by atoms with Crippen molar-refractivity contribution in [3.8, 4) is 11.5 Å². The number of primary sulfonamides is 1. The van der Waals surface area contributed by atoms with E-state index in [0.717, 1.165) is 35.4 Å². The molecule has 0 spiro atoms. The van der Waals surface area contributed by atoms with Crippen molar-refractivity contribution in [1.82, 2.24) is 0 Å². The highest BCUT2D eigenvalue weighted by molar-refractivity contribution is 7.89. The van der Waals surface area contributed by atoms with Crippen LogP contribution >= 0.6 is 0 Å². The number of ether oxygens (including phenoxy) is 2. The van der Waals surface area contributed by atoms with Gasteiger partial charge in [0.25, 0.3) is 0 Å². The summed E-state index contributed by atoms with van der Waals surface area (Å²) in [4.78, 5) is 5.19. The third-order valence-electron chi connectivity index (χ3n) is 5.77. The van der Waals surface area contributed by atoms with Gasteiger partial charge >= 0.3 is 0 Å². The van der Waals surface area contributed by atoms with Gasteiger partial charge in [-0.25, -0.2) is 13.6 Å². The molecular formula is C22H26N2O4S. The van der Waals surface area contributed by atoms with Gasteiger partial charge < -0.3 is 9.47 Å². The fourth-order valence-electron chi connectivity index (χ4n) is 4.41. The zero-order chi connectivity index (χ0) is 20.6. The molecule has 0 radical (unpaired) electrons. The van der Waals surface area contributed by atoms with E-state index >= 15 is 0 Å².